The van der Waals surface area contributed by atoms with Crippen LogP contribution in [-0.2, 0) is 33.4 Å². The first kappa shape index (κ1) is 24.3. The second-order valence-electron chi connectivity index (χ2n) is 2.81. The van der Waals surface area contributed by atoms with Gasteiger partial charge in [-0.2, -0.15) is 0 Å². The van der Waals surface area contributed by atoms with E-state index in [1.807, 2.05) is 0 Å². The van der Waals surface area contributed by atoms with Crippen molar-refractivity contribution < 1.29 is 33.4 Å². The van der Waals surface area contributed by atoms with E-state index in [1.165, 1.54) is 6.92 Å². The predicted octanol–water partition coefficient (Wildman–Crippen LogP) is 0.674. The molecule has 0 N–H and O–H groups in total. The minimum absolute atomic E-state index is 0. The average molecular weight is 307 g/mol. The Morgan fingerprint density at radius 3 is 1.81 bits per heavy atom. The van der Waals surface area contributed by atoms with Crippen molar-refractivity contribution in [1.82, 2.24) is 0 Å². The normalized spacial score (nSPS) is 10.4. The molecule has 1 radical (unpaired) electrons. The first-order valence-corrected chi connectivity index (χ1v) is 5.38. The van der Waals surface area contributed by atoms with Gasteiger partial charge in [0, 0.05) is 54.7 Å². The maximum Gasteiger partial charge on any atom is 0.338 e. The summed E-state index contributed by atoms with van der Waals surface area (Å²) in [5.74, 6) is -1.84. The molecular formula is C13H16NaO7. The molecule has 0 saturated carbocycles. The maximum absolute atomic E-state index is 10.1. The van der Waals surface area contributed by atoms with Crippen molar-refractivity contribution in [2.45, 2.75) is 13.8 Å². The Morgan fingerprint density at radius 2 is 1.71 bits per heavy atom. The molecule has 0 unspecified atom stereocenters. The van der Waals surface area contributed by atoms with Crippen LogP contribution in [-0.4, -0.2) is 60.0 Å². The van der Waals surface area contributed by atoms with Crippen molar-refractivity contribution in [2.24, 2.45) is 0 Å². The molecule has 1 aliphatic rings. The molecule has 0 aromatic heterocycles. The summed E-state index contributed by atoms with van der Waals surface area (Å²) >= 11 is 0. The standard InChI is InChI=1S/C5H8O2.C4H2O3.C4H6O2.Na/c1-3-5(6)7-4-2;5-3-1-2-4(6)7-3;1-3-6-4(2)5;/h3H,1,4H2,2H3;1-2H;3H,1H2,2H3;. The first-order chi connectivity index (χ1) is 9.37. The Balaban J connectivity index is -0.000000227. The molecule has 0 aromatic rings. The second kappa shape index (κ2) is 16.4. The number of carbonyl (C=O) groups is 4. The Hall–Kier alpha value is -1.70. The molecule has 1 rings (SSSR count). The quantitative estimate of drug-likeness (QED) is 0.189. The van der Waals surface area contributed by atoms with Crippen LogP contribution in [0.1, 0.15) is 13.8 Å². The average Bonchev–Trinajstić information content (AvgIpc) is 2.74. The Bertz CT molecular complexity index is 397. The van der Waals surface area contributed by atoms with Crippen LogP contribution in [0.2, 0.25) is 0 Å². The van der Waals surface area contributed by atoms with Crippen LogP contribution in [0.5, 0.6) is 0 Å². The smallest absolute Gasteiger partial charge is 0.338 e. The van der Waals surface area contributed by atoms with Gasteiger partial charge in [0.05, 0.1) is 12.9 Å². The summed E-state index contributed by atoms with van der Waals surface area (Å²) < 4.78 is 12.6. The van der Waals surface area contributed by atoms with Gasteiger partial charge in [0.1, 0.15) is 0 Å². The molecule has 8 heteroatoms. The summed E-state index contributed by atoms with van der Waals surface area (Å²) in [7, 11) is 0. The van der Waals surface area contributed by atoms with Crippen LogP contribution in [0.25, 0.3) is 0 Å². The summed E-state index contributed by atoms with van der Waals surface area (Å²) in [6, 6.07) is 0. The summed E-state index contributed by atoms with van der Waals surface area (Å²) in [5, 5.41) is 0. The first-order valence-electron chi connectivity index (χ1n) is 5.38. The molecule has 0 atom stereocenters. The fourth-order valence-corrected chi connectivity index (χ4v) is 0.622. The van der Waals surface area contributed by atoms with Crippen LogP contribution in [0.4, 0.5) is 0 Å². The number of hydrogen-bond donors (Lipinski definition) is 0. The van der Waals surface area contributed by atoms with Gasteiger partial charge in [0.15, 0.2) is 0 Å². The molecule has 7 nitrogen and oxygen atoms in total. The van der Waals surface area contributed by atoms with Crippen molar-refractivity contribution in [1.29, 1.82) is 0 Å². The van der Waals surface area contributed by atoms with Gasteiger partial charge in [-0.15, -0.1) is 0 Å². The zero-order valence-electron chi connectivity index (χ0n) is 12.3. The summed E-state index contributed by atoms with van der Waals surface area (Å²) in [6.07, 6.45) is 4.41. The van der Waals surface area contributed by atoms with Crippen LogP contribution >= 0.6 is 0 Å². The molecule has 111 valence electrons. The van der Waals surface area contributed by atoms with E-state index in [-0.39, 0.29) is 41.5 Å². The summed E-state index contributed by atoms with van der Waals surface area (Å²) in [5.41, 5.74) is 0. The third kappa shape index (κ3) is 20.8. The largest absolute Gasteiger partial charge is 0.463 e. The van der Waals surface area contributed by atoms with Crippen molar-refractivity contribution in [3.63, 3.8) is 0 Å². The molecular weight excluding hydrogens is 291 g/mol. The van der Waals surface area contributed by atoms with E-state index in [0.29, 0.717) is 6.61 Å². The Morgan fingerprint density at radius 1 is 1.24 bits per heavy atom. The van der Waals surface area contributed by atoms with Gasteiger partial charge in [-0.25, -0.2) is 14.4 Å². The molecule has 0 amide bonds. The number of esters is 4. The van der Waals surface area contributed by atoms with E-state index >= 15 is 0 Å². The van der Waals surface area contributed by atoms with Gasteiger partial charge in [-0.05, 0) is 6.92 Å². The van der Waals surface area contributed by atoms with Gasteiger partial charge in [0.2, 0.25) is 0 Å². The zero-order valence-corrected chi connectivity index (χ0v) is 14.3. The summed E-state index contributed by atoms with van der Waals surface area (Å²) in [4.78, 5) is 39.7. The second-order valence-corrected chi connectivity index (χ2v) is 2.81. The molecule has 0 spiro atoms. The van der Waals surface area contributed by atoms with Gasteiger partial charge >= 0.3 is 23.9 Å². The molecule has 0 aliphatic carbocycles. The van der Waals surface area contributed by atoms with E-state index in [1.54, 1.807) is 6.92 Å². The number of ether oxygens (including phenoxy) is 3. The minimum atomic E-state index is -0.579. The van der Waals surface area contributed by atoms with E-state index in [9.17, 15) is 19.2 Å². The zero-order chi connectivity index (χ0) is 16.0. The van der Waals surface area contributed by atoms with Crippen molar-refractivity contribution >= 4 is 53.4 Å². The molecule has 0 aromatic carbocycles. The fraction of sp³-hybridized carbons (Fsp3) is 0.231. The van der Waals surface area contributed by atoms with Crippen molar-refractivity contribution in [3.05, 3.63) is 37.6 Å². The van der Waals surface area contributed by atoms with E-state index in [0.717, 1.165) is 24.5 Å². The van der Waals surface area contributed by atoms with E-state index < -0.39 is 11.9 Å². The molecule has 1 aliphatic heterocycles. The molecule has 1 heterocycles. The van der Waals surface area contributed by atoms with Crippen molar-refractivity contribution in [3.8, 4) is 0 Å². The van der Waals surface area contributed by atoms with Gasteiger partial charge in [0.25, 0.3) is 0 Å². The predicted molar refractivity (Wildman–Crippen MR) is 74.8 cm³/mol. The molecule has 21 heavy (non-hydrogen) atoms. The topological polar surface area (TPSA) is 96.0 Å². The van der Waals surface area contributed by atoms with Gasteiger partial charge in [-0.3, -0.25) is 4.79 Å². The summed E-state index contributed by atoms with van der Waals surface area (Å²) in [6.45, 7) is 9.86. The van der Waals surface area contributed by atoms with Gasteiger partial charge < -0.3 is 14.2 Å². The number of rotatable bonds is 3. The number of cyclic esters (lactones) is 2. The van der Waals surface area contributed by atoms with Crippen LogP contribution in [0, 0.1) is 0 Å². The van der Waals surface area contributed by atoms with E-state index in [4.69, 9.17) is 0 Å². The Labute approximate surface area is 144 Å². The minimum Gasteiger partial charge on any atom is -0.463 e. The molecule has 0 saturated heterocycles. The van der Waals surface area contributed by atoms with Crippen LogP contribution < -0.4 is 0 Å². The van der Waals surface area contributed by atoms with Crippen molar-refractivity contribution in [2.75, 3.05) is 6.61 Å². The molecule has 0 bridgehead atoms. The fourth-order valence-electron chi connectivity index (χ4n) is 0.622. The van der Waals surface area contributed by atoms with Gasteiger partial charge in [-0.1, -0.05) is 13.2 Å². The number of carbonyl (C=O) groups excluding carboxylic acids is 4. The maximum atomic E-state index is 10.1. The SMILES string of the molecule is C=CC(=O)OCC.C=COC(C)=O.O=C1C=CC(=O)O1.[Na]. The van der Waals surface area contributed by atoms with Crippen LogP contribution in [0.3, 0.4) is 0 Å². The third-order valence-corrected chi connectivity index (χ3v) is 1.26. The number of hydrogen-bond acceptors (Lipinski definition) is 7. The van der Waals surface area contributed by atoms with E-state index in [2.05, 4.69) is 27.4 Å². The van der Waals surface area contributed by atoms with Crippen LogP contribution in [0.15, 0.2) is 37.6 Å². The third-order valence-electron chi connectivity index (χ3n) is 1.26. The molecule has 0 fully saturated rings. The Kier molecular flexibility index (Phi) is 18.9. The monoisotopic (exact) mass is 307 g/mol.